The molecule has 0 saturated heterocycles. The van der Waals surface area contributed by atoms with E-state index in [0.717, 1.165) is 193 Å². The molecule has 4 atom stereocenters. The highest BCUT2D eigenvalue weighted by molar-refractivity contribution is 5.46. The van der Waals surface area contributed by atoms with Crippen LogP contribution in [0.25, 0.3) is 0 Å². The van der Waals surface area contributed by atoms with Gasteiger partial charge in [0.15, 0.2) is 0 Å². The molecular formula is C95H114N4O10. The molecule has 0 spiro atoms. The molecule has 109 heavy (non-hydrogen) atoms. The summed E-state index contributed by atoms with van der Waals surface area (Å²) >= 11 is 0. The van der Waals surface area contributed by atoms with E-state index in [4.69, 9.17) is 53.1 Å². The minimum absolute atomic E-state index is 0.135. The van der Waals surface area contributed by atoms with Gasteiger partial charge in [-0.3, -0.25) is 0 Å². The van der Waals surface area contributed by atoms with Crippen LogP contribution in [0.15, 0.2) is 255 Å². The van der Waals surface area contributed by atoms with Gasteiger partial charge in [0.1, 0.15) is 96.5 Å². The molecule has 4 aliphatic heterocycles. The van der Waals surface area contributed by atoms with Crippen LogP contribution in [0, 0.1) is 0 Å². The predicted molar refractivity (Wildman–Crippen MR) is 438 cm³/mol. The van der Waals surface area contributed by atoms with Crippen LogP contribution in [-0.2, 0) is 63.4 Å². The van der Waals surface area contributed by atoms with E-state index in [1.54, 1.807) is 0 Å². The number of para-hydroxylation sites is 1. The van der Waals surface area contributed by atoms with Gasteiger partial charge < -0.3 is 69.1 Å². The van der Waals surface area contributed by atoms with Crippen molar-refractivity contribution in [2.24, 2.45) is 5.73 Å². The zero-order chi connectivity index (χ0) is 75.2. The number of aryl methyl sites for hydroxylation is 4. The van der Waals surface area contributed by atoms with Gasteiger partial charge in [0.25, 0.3) is 0 Å². The van der Waals surface area contributed by atoms with Crippen molar-refractivity contribution in [2.45, 2.75) is 174 Å². The molecule has 0 bridgehead atoms. The monoisotopic (exact) mass is 1470 g/mol. The smallest absolute Gasteiger partial charge is 0.126 e. The van der Waals surface area contributed by atoms with Crippen LogP contribution in [0.4, 0.5) is 0 Å². The van der Waals surface area contributed by atoms with Gasteiger partial charge in [-0.05, 0) is 197 Å². The lowest BCUT2D eigenvalue weighted by Gasteiger charge is -2.29. The Hall–Kier alpha value is -9.80. The van der Waals surface area contributed by atoms with Crippen LogP contribution < -0.4 is 64.3 Å². The number of nitrogens with one attached hydrogen (secondary N) is 3. The topological polar surface area (TPSA) is 154 Å². The Morgan fingerprint density at radius 3 is 1.04 bits per heavy atom. The van der Waals surface area contributed by atoms with Crippen molar-refractivity contribution in [3.63, 3.8) is 0 Å². The van der Waals surface area contributed by atoms with Crippen LogP contribution in [0.3, 0.4) is 0 Å². The molecule has 10 aromatic carbocycles. The lowest BCUT2D eigenvalue weighted by atomic mass is 9.93. The van der Waals surface area contributed by atoms with E-state index in [9.17, 15) is 0 Å². The third kappa shape index (κ3) is 28.9. The van der Waals surface area contributed by atoms with Gasteiger partial charge in [-0.1, -0.05) is 207 Å². The number of unbranched alkanes of at least 4 members (excludes halogenated alkanes) is 1. The highest BCUT2D eigenvalue weighted by Gasteiger charge is 2.25. The summed E-state index contributed by atoms with van der Waals surface area (Å²) in [6, 6.07) is 86.1. The summed E-state index contributed by atoms with van der Waals surface area (Å²) in [4.78, 5) is 0. The van der Waals surface area contributed by atoms with Gasteiger partial charge in [-0.15, -0.1) is 0 Å². The van der Waals surface area contributed by atoms with Gasteiger partial charge >= 0.3 is 0 Å². The van der Waals surface area contributed by atoms with Crippen molar-refractivity contribution in [3.8, 4) is 51.7 Å². The van der Waals surface area contributed by atoms with E-state index in [-0.39, 0.29) is 30.0 Å². The molecule has 4 heterocycles. The van der Waals surface area contributed by atoms with Crippen molar-refractivity contribution in [1.29, 1.82) is 0 Å². The van der Waals surface area contributed by atoms with E-state index in [2.05, 4.69) is 134 Å². The Kier molecular flexibility index (Phi) is 32.8. The fourth-order valence-corrected chi connectivity index (χ4v) is 13.2. The lowest BCUT2D eigenvalue weighted by molar-refractivity contribution is 0.126. The Morgan fingerprint density at radius 2 is 0.670 bits per heavy atom. The third-order valence-electron chi connectivity index (χ3n) is 19.5. The number of hydrogen-bond acceptors (Lipinski definition) is 14. The standard InChI is InChI=1S/C26H29NO3.C24H33NO3.C24H25NO2.C21H27NO2/c1-3-8-21(9-4-1)20-29-24-14-12-22-13-15-25(30-26(22)18-24)19-27-16-7-17-28-23-10-5-2-6-11-23;1-2-3-15-26-16-7-14-25-18-23-13-11-21-10-12-22(17-24(21)28-23)27-19-20-8-5-4-6-9-20;1-3-7-19(8-4-1)16-25-17-23-14-12-21-11-13-22(15-24(21)27-23)26-18-20-9-5-2-6-10-20;1-21(2,22)13-12-18-10-8-17-9-11-19(14-20(17)24-18)23-15-16-6-4-3-5-7-16/h1-6,8-12,14,18,25,27H,7,13,15-17,19-20H2;4-6,8-10,12,17,23,25H,2-3,7,11,13-16,18-19H2,1H3;1-11,13,15,23,25H,12,14,16-18H2;3-7,9,11,14,18H,8,10,12-13,15,22H2,1-2H3/t25-;2*23-;18-/m1111/s1. The molecule has 10 aromatic rings. The SMILES string of the molecule is CC(C)(N)CC[C@H]1CCc2ccc(OCc3ccccc3)cc2O1.CCCCOCCCNC[C@H]1CCc2ccc(OCc3ccccc3)cc2O1.c1ccc(CNC[C@H]2CCc3ccc(OCc4ccccc4)cc3O2)cc1.c1ccc(COc2ccc3c(c2)O[C@@H](CNCCCOc2ccccc2)CC3)cc1. The van der Waals surface area contributed by atoms with E-state index < -0.39 is 0 Å². The molecule has 0 aromatic heterocycles. The van der Waals surface area contributed by atoms with E-state index in [1.807, 2.05) is 158 Å². The fourth-order valence-electron chi connectivity index (χ4n) is 13.2. The van der Waals surface area contributed by atoms with Crippen LogP contribution in [0.5, 0.6) is 51.7 Å². The molecule has 0 amide bonds. The highest BCUT2D eigenvalue weighted by Crippen LogP contribution is 2.37. The minimum Gasteiger partial charge on any atom is -0.494 e. The zero-order valence-electron chi connectivity index (χ0n) is 64.3. The molecule has 0 saturated carbocycles. The van der Waals surface area contributed by atoms with Crippen LogP contribution >= 0.6 is 0 Å². The summed E-state index contributed by atoms with van der Waals surface area (Å²) in [5, 5.41) is 10.5. The number of hydrogen-bond donors (Lipinski definition) is 4. The van der Waals surface area contributed by atoms with Gasteiger partial charge in [0.05, 0.1) is 12.7 Å². The molecule has 0 radical (unpaired) electrons. The number of rotatable bonds is 35. The Bertz CT molecular complexity index is 4170. The molecule has 14 heteroatoms. The first kappa shape index (κ1) is 80.2. The second-order valence-electron chi connectivity index (χ2n) is 29.2. The van der Waals surface area contributed by atoms with Crippen molar-refractivity contribution >= 4 is 0 Å². The molecule has 4 aliphatic rings. The normalized spacial score (nSPS) is 15.8. The molecule has 14 nitrogen and oxygen atoms in total. The Balaban J connectivity index is 0.000000145. The van der Waals surface area contributed by atoms with Crippen LogP contribution in [0.2, 0.25) is 0 Å². The maximum atomic E-state index is 6.23. The average Bonchev–Trinajstić information content (AvgIpc) is 0.844. The largest absolute Gasteiger partial charge is 0.494 e. The third-order valence-corrected chi connectivity index (χ3v) is 19.5. The lowest BCUT2D eigenvalue weighted by Crippen LogP contribution is -2.35. The zero-order valence-corrected chi connectivity index (χ0v) is 64.3. The number of nitrogens with two attached hydrogens (primary N) is 1. The summed E-state index contributed by atoms with van der Waals surface area (Å²) in [5.74, 6) is 8.19. The number of benzene rings is 10. The second-order valence-corrected chi connectivity index (χ2v) is 29.2. The van der Waals surface area contributed by atoms with Crippen molar-refractivity contribution in [3.05, 3.63) is 305 Å². The van der Waals surface area contributed by atoms with Gasteiger partial charge in [0.2, 0.25) is 0 Å². The van der Waals surface area contributed by atoms with Gasteiger partial charge in [-0.25, -0.2) is 0 Å². The molecule has 5 N–H and O–H groups in total. The molecule has 574 valence electrons. The first-order valence-corrected chi connectivity index (χ1v) is 39.6. The van der Waals surface area contributed by atoms with Gasteiger partial charge in [0, 0.05) is 69.2 Å². The molecule has 14 rings (SSSR count). The quantitative estimate of drug-likeness (QED) is 0.0279. The number of fused-ring (bicyclic) bond motifs is 4. The maximum Gasteiger partial charge on any atom is 0.126 e. The van der Waals surface area contributed by atoms with E-state index in [0.29, 0.717) is 33.0 Å². The second kappa shape index (κ2) is 44.6. The molecule has 0 fully saturated rings. The Labute approximate surface area is 648 Å². The van der Waals surface area contributed by atoms with Gasteiger partial charge in [-0.2, -0.15) is 0 Å². The van der Waals surface area contributed by atoms with Crippen molar-refractivity contribution < 1.29 is 47.4 Å². The van der Waals surface area contributed by atoms with E-state index >= 15 is 0 Å². The first-order valence-electron chi connectivity index (χ1n) is 39.6. The summed E-state index contributed by atoms with van der Waals surface area (Å²) < 4.78 is 59.9. The summed E-state index contributed by atoms with van der Waals surface area (Å²) in [6.07, 6.45) is 15.6. The van der Waals surface area contributed by atoms with Crippen LogP contribution in [-0.4, -0.2) is 82.5 Å². The average molecular weight is 1470 g/mol. The van der Waals surface area contributed by atoms with Crippen molar-refractivity contribution in [1.82, 2.24) is 16.0 Å². The molecule has 0 aliphatic carbocycles. The fraction of sp³-hybridized carbons (Fsp3) is 0.368. The van der Waals surface area contributed by atoms with Crippen molar-refractivity contribution in [2.75, 3.05) is 52.5 Å². The minimum atomic E-state index is -0.135. The van der Waals surface area contributed by atoms with E-state index in [1.165, 1.54) is 50.9 Å². The summed E-state index contributed by atoms with van der Waals surface area (Å²) in [5.41, 5.74) is 17.0. The molecular weight excluding hydrogens is 1360 g/mol. The predicted octanol–water partition coefficient (Wildman–Crippen LogP) is 19.0. The van der Waals surface area contributed by atoms with Crippen LogP contribution in [0.1, 0.15) is 135 Å². The number of ether oxygens (including phenoxy) is 10. The first-order chi connectivity index (χ1) is 53.6. The highest BCUT2D eigenvalue weighted by atomic mass is 16.5. The molecule has 0 unspecified atom stereocenters. The maximum absolute atomic E-state index is 6.23. The summed E-state index contributed by atoms with van der Waals surface area (Å²) in [6.45, 7) is 16.4. The Morgan fingerprint density at radius 1 is 0.349 bits per heavy atom. The summed E-state index contributed by atoms with van der Waals surface area (Å²) in [7, 11) is 0.